The van der Waals surface area contributed by atoms with E-state index < -0.39 is 9.05 Å². The maximum Gasteiger partial charge on any atom is 0.232 e. The van der Waals surface area contributed by atoms with Gasteiger partial charge in [0.25, 0.3) is 0 Å². The number of halogens is 2. The molecule has 1 aromatic rings. The quantitative estimate of drug-likeness (QED) is 0.761. The summed E-state index contributed by atoms with van der Waals surface area (Å²) in [6.07, 6.45) is 3.09. The molecule has 18 heavy (non-hydrogen) atoms. The number of carbonyl (C=O) groups excluding carboxylic acids is 1. The molecule has 0 N–H and O–H groups in total. The summed E-state index contributed by atoms with van der Waals surface area (Å²) in [6.45, 7) is 0.293. The van der Waals surface area contributed by atoms with Crippen LogP contribution in [0.1, 0.15) is 6.42 Å². The molecule has 0 aromatic carbocycles. The summed E-state index contributed by atoms with van der Waals surface area (Å²) < 4.78 is 22.5. The van der Waals surface area contributed by atoms with Crippen LogP contribution < -0.4 is 4.90 Å². The predicted octanol–water partition coefficient (Wildman–Crippen LogP) is 1.16. The smallest absolute Gasteiger partial charge is 0.232 e. The zero-order chi connectivity index (χ0) is 13.3. The Balaban J connectivity index is 2.12. The van der Waals surface area contributed by atoms with Gasteiger partial charge in [-0.05, 0) is 15.9 Å². The Kier molecular flexibility index (Phi) is 3.88. The van der Waals surface area contributed by atoms with Gasteiger partial charge in [0.2, 0.25) is 15.0 Å². The lowest BCUT2D eigenvalue weighted by molar-refractivity contribution is -0.117. The molecule has 0 saturated carbocycles. The Morgan fingerprint density at radius 1 is 1.44 bits per heavy atom. The zero-order valence-electron chi connectivity index (χ0n) is 9.08. The van der Waals surface area contributed by atoms with Crippen LogP contribution in [0.5, 0.6) is 0 Å². The summed E-state index contributed by atoms with van der Waals surface area (Å²) in [5.41, 5.74) is 0. The lowest BCUT2D eigenvalue weighted by Gasteiger charge is -2.14. The van der Waals surface area contributed by atoms with Crippen LogP contribution in [-0.4, -0.2) is 36.6 Å². The summed E-state index contributed by atoms with van der Waals surface area (Å²) in [5.74, 6) is -0.263. The summed E-state index contributed by atoms with van der Waals surface area (Å²) in [5, 5.41) is 0. The number of carbonyl (C=O) groups is 1. The third-order valence-electron chi connectivity index (χ3n) is 2.52. The molecule has 9 heteroatoms. The van der Waals surface area contributed by atoms with Crippen LogP contribution in [0, 0.1) is 5.92 Å². The van der Waals surface area contributed by atoms with Gasteiger partial charge in [-0.25, -0.2) is 18.4 Å². The number of nitrogens with zero attached hydrogens (tertiary/aromatic N) is 3. The highest BCUT2D eigenvalue weighted by molar-refractivity contribution is 9.10. The molecular weight excluding hydrogens is 346 g/mol. The van der Waals surface area contributed by atoms with Crippen LogP contribution in [0.4, 0.5) is 5.82 Å². The second kappa shape index (κ2) is 5.10. The van der Waals surface area contributed by atoms with Crippen molar-refractivity contribution >= 4 is 47.4 Å². The van der Waals surface area contributed by atoms with Gasteiger partial charge in [0.05, 0.1) is 18.1 Å². The van der Waals surface area contributed by atoms with Crippen LogP contribution in [0.2, 0.25) is 0 Å². The average molecular weight is 355 g/mol. The van der Waals surface area contributed by atoms with Crippen molar-refractivity contribution in [2.75, 3.05) is 17.2 Å². The molecule has 1 aliphatic heterocycles. The number of hydrogen-bond acceptors (Lipinski definition) is 5. The Morgan fingerprint density at radius 3 is 2.72 bits per heavy atom. The van der Waals surface area contributed by atoms with Crippen LogP contribution in [0.15, 0.2) is 17.0 Å². The zero-order valence-corrected chi connectivity index (χ0v) is 12.2. The molecule has 1 atom stereocenters. The molecule has 1 unspecified atom stereocenters. The molecular formula is C9H9BrClN3O3S. The molecule has 1 aliphatic rings. The molecule has 1 saturated heterocycles. The second-order valence-electron chi connectivity index (χ2n) is 3.98. The van der Waals surface area contributed by atoms with Crippen LogP contribution in [0.25, 0.3) is 0 Å². The maximum absolute atomic E-state index is 11.8. The largest absolute Gasteiger partial charge is 0.295 e. The van der Waals surface area contributed by atoms with Gasteiger partial charge in [-0.1, -0.05) is 0 Å². The number of amides is 1. The number of hydrogen-bond donors (Lipinski definition) is 0. The molecule has 98 valence electrons. The van der Waals surface area contributed by atoms with E-state index in [1.165, 1.54) is 17.3 Å². The van der Waals surface area contributed by atoms with Crippen LogP contribution >= 0.6 is 26.6 Å². The van der Waals surface area contributed by atoms with E-state index in [2.05, 4.69) is 25.9 Å². The van der Waals surface area contributed by atoms with Gasteiger partial charge in [-0.15, -0.1) is 0 Å². The van der Waals surface area contributed by atoms with E-state index in [4.69, 9.17) is 10.7 Å². The molecule has 1 amide bonds. The standard InChI is InChI=1S/C9H9BrClN3O3S/c10-7-2-13-8(3-12-7)14-4-6(1-9(14)15)5-18(11,16)17/h2-3,6H,1,4-5H2. The fourth-order valence-electron chi connectivity index (χ4n) is 1.84. The Hall–Kier alpha value is -0.730. The van der Waals surface area contributed by atoms with Gasteiger partial charge in [0.1, 0.15) is 4.60 Å². The van der Waals surface area contributed by atoms with Crippen molar-refractivity contribution < 1.29 is 13.2 Å². The minimum absolute atomic E-state index is 0.156. The van der Waals surface area contributed by atoms with Crippen LogP contribution in [-0.2, 0) is 13.8 Å². The second-order valence-corrected chi connectivity index (χ2v) is 7.61. The molecule has 1 fully saturated rings. The van der Waals surface area contributed by atoms with Crippen molar-refractivity contribution in [2.24, 2.45) is 5.92 Å². The first-order valence-corrected chi connectivity index (χ1v) is 8.32. The molecule has 0 radical (unpaired) electrons. The van der Waals surface area contributed by atoms with E-state index in [-0.39, 0.29) is 24.0 Å². The molecule has 0 bridgehead atoms. The Labute approximate surface area is 117 Å². The molecule has 2 heterocycles. The number of anilines is 1. The third kappa shape index (κ3) is 3.39. The topological polar surface area (TPSA) is 80.2 Å². The van der Waals surface area contributed by atoms with E-state index in [0.717, 1.165) is 0 Å². The Morgan fingerprint density at radius 2 is 2.17 bits per heavy atom. The highest BCUT2D eigenvalue weighted by atomic mass is 79.9. The fraction of sp³-hybridized carbons (Fsp3) is 0.444. The van der Waals surface area contributed by atoms with Crippen molar-refractivity contribution in [3.05, 3.63) is 17.0 Å². The molecule has 6 nitrogen and oxygen atoms in total. The van der Waals surface area contributed by atoms with E-state index in [1.54, 1.807) is 0 Å². The van der Waals surface area contributed by atoms with Gasteiger partial charge in [0, 0.05) is 29.6 Å². The first-order valence-electron chi connectivity index (χ1n) is 5.05. The van der Waals surface area contributed by atoms with Gasteiger partial charge in [-0.3, -0.25) is 9.69 Å². The fourth-order valence-corrected chi connectivity index (χ4v) is 3.37. The van der Waals surface area contributed by atoms with Gasteiger partial charge < -0.3 is 0 Å². The Bertz CT molecular complexity index is 563. The summed E-state index contributed by atoms with van der Waals surface area (Å²) in [6, 6.07) is 0. The summed E-state index contributed by atoms with van der Waals surface area (Å²) >= 11 is 3.15. The van der Waals surface area contributed by atoms with Crippen molar-refractivity contribution in [3.8, 4) is 0 Å². The van der Waals surface area contributed by atoms with Crippen molar-refractivity contribution in [1.29, 1.82) is 0 Å². The summed E-state index contributed by atoms with van der Waals surface area (Å²) in [7, 11) is 1.59. The van der Waals surface area contributed by atoms with E-state index in [1.807, 2.05) is 0 Å². The van der Waals surface area contributed by atoms with E-state index in [0.29, 0.717) is 17.0 Å². The SMILES string of the molecule is O=C1CC(CS(=O)(=O)Cl)CN1c1cnc(Br)cn1. The maximum atomic E-state index is 11.8. The van der Waals surface area contributed by atoms with Crippen molar-refractivity contribution in [3.63, 3.8) is 0 Å². The monoisotopic (exact) mass is 353 g/mol. The third-order valence-corrected chi connectivity index (χ3v) is 4.18. The molecule has 1 aromatic heterocycles. The average Bonchev–Trinajstić information content (AvgIpc) is 2.58. The van der Waals surface area contributed by atoms with Crippen molar-refractivity contribution in [1.82, 2.24) is 9.97 Å². The highest BCUT2D eigenvalue weighted by Crippen LogP contribution is 2.25. The van der Waals surface area contributed by atoms with Crippen molar-refractivity contribution in [2.45, 2.75) is 6.42 Å². The minimum Gasteiger partial charge on any atom is -0.295 e. The first kappa shape index (κ1) is 13.7. The lowest BCUT2D eigenvalue weighted by Crippen LogP contribution is -2.26. The van der Waals surface area contributed by atoms with Gasteiger partial charge in [0.15, 0.2) is 5.82 Å². The van der Waals surface area contributed by atoms with E-state index >= 15 is 0 Å². The lowest BCUT2D eigenvalue weighted by atomic mass is 10.1. The number of rotatable bonds is 3. The minimum atomic E-state index is -3.59. The van der Waals surface area contributed by atoms with E-state index in [9.17, 15) is 13.2 Å². The summed E-state index contributed by atoms with van der Waals surface area (Å²) in [4.78, 5) is 21.2. The normalized spacial score (nSPS) is 20.4. The predicted molar refractivity (Wildman–Crippen MR) is 69.8 cm³/mol. The van der Waals surface area contributed by atoms with Gasteiger partial charge >= 0.3 is 0 Å². The molecule has 0 aliphatic carbocycles. The van der Waals surface area contributed by atoms with Crippen LogP contribution in [0.3, 0.4) is 0 Å². The first-order chi connectivity index (χ1) is 8.35. The van der Waals surface area contributed by atoms with Gasteiger partial charge in [-0.2, -0.15) is 0 Å². The molecule has 2 rings (SSSR count). The highest BCUT2D eigenvalue weighted by Gasteiger charge is 2.33. The number of aromatic nitrogens is 2. The molecule has 0 spiro atoms.